The highest BCUT2D eigenvalue weighted by Crippen LogP contribution is 2.38. The molecule has 6 heteroatoms. The second-order valence-corrected chi connectivity index (χ2v) is 6.35. The zero-order chi connectivity index (χ0) is 15.1. The van der Waals surface area contributed by atoms with Crippen LogP contribution in [0.3, 0.4) is 0 Å². The molecule has 1 atom stereocenters. The van der Waals surface area contributed by atoms with Crippen LogP contribution in [0.4, 0.5) is 5.82 Å². The van der Waals surface area contributed by atoms with Crippen LogP contribution in [0.5, 0.6) is 0 Å². The number of imidazole rings is 1. The molecule has 1 N–H and O–H groups in total. The Morgan fingerprint density at radius 2 is 2.18 bits per heavy atom. The van der Waals surface area contributed by atoms with Gasteiger partial charge in [-0.05, 0) is 34.5 Å². The maximum Gasteiger partial charge on any atom is 0.226 e. The van der Waals surface area contributed by atoms with E-state index < -0.39 is 0 Å². The molecule has 4 nitrogen and oxygen atoms in total. The van der Waals surface area contributed by atoms with Crippen molar-refractivity contribution in [3.8, 4) is 5.69 Å². The number of nitrogens with zero attached hydrogens (tertiary/aromatic N) is 2. The molecule has 22 heavy (non-hydrogen) atoms. The topological polar surface area (TPSA) is 46.9 Å². The van der Waals surface area contributed by atoms with Crippen molar-refractivity contribution in [1.29, 1.82) is 0 Å². The van der Waals surface area contributed by atoms with Gasteiger partial charge >= 0.3 is 0 Å². The van der Waals surface area contributed by atoms with Crippen LogP contribution in [0.1, 0.15) is 23.6 Å². The van der Waals surface area contributed by atoms with Gasteiger partial charge in [0.1, 0.15) is 12.1 Å². The van der Waals surface area contributed by atoms with Crippen molar-refractivity contribution >= 4 is 34.7 Å². The van der Waals surface area contributed by atoms with E-state index in [-0.39, 0.29) is 11.8 Å². The van der Waals surface area contributed by atoms with E-state index >= 15 is 0 Å². The Balaban J connectivity index is 1.86. The van der Waals surface area contributed by atoms with E-state index in [1.807, 2.05) is 40.3 Å². The molecule has 1 aliphatic heterocycles. The number of fused-ring (bicyclic) bond motifs is 1. The number of halogens is 1. The zero-order valence-corrected chi connectivity index (χ0v) is 13.1. The van der Waals surface area contributed by atoms with Crippen LogP contribution in [0, 0.1) is 0 Å². The third-order valence-corrected chi connectivity index (χ3v) is 4.85. The number of rotatable bonds is 2. The molecule has 1 amide bonds. The minimum absolute atomic E-state index is 0.00117. The number of para-hydroxylation sites is 1. The molecule has 0 aliphatic carbocycles. The van der Waals surface area contributed by atoms with E-state index in [2.05, 4.69) is 15.7 Å². The molecule has 0 radical (unpaired) electrons. The van der Waals surface area contributed by atoms with Crippen molar-refractivity contribution in [1.82, 2.24) is 9.55 Å². The summed E-state index contributed by atoms with van der Waals surface area (Å²) in [6, 6.07) is 9.57. The summed E-state index contributed by atoms with van der Waals surface area (Å²) in [7, 11) is 0. The maximum absolute atomic E-state index is 12.1. The number of hydrogen-bond acceptors (Lipinski definition) is 3. The molecule has 0 fully saturated rings. The Kier molecular flexibility index (Phi) is 3.24. The van der Waals surface area contributed by atoms with Gasteiger partial charge in [-0.3, -0.25) is 9.36 Å². The molecule has 110 valence electrons. The monoisotopic (exact) mass is 329 g/mol. The number of hydrogen-bond donors (Lipinski definition) is 1. The van der Waals surface area contributed by atoms with E-state index in [4.69, 9.17) is 11.6 Å². The molecule has 0 bridgehead atoms. The quantitative estimate of drug-likeness (QED) is 0.770. The first-order chi connectivity index (χ1) is 10.7. The van der Waals surface area contributed by atoms with Crippen LogP contribution < -0.4 is 5.32 Å². The molecule has 0 spiro atoms. The molecular weight excluding hydrogens is 318 g/mol. The van der Waals surface area contributed by atoms with Crippen molar-refractivity contribution in [2.24, 2.45) is 0 Å². The molecule has 3 aromatic rings. The van der Waals surface area contributed by atoms with Gasteiger partial charge in [0, 0.05) is 12.3 Å². The Labute approximate surface area is 136 Å². The van der Waals surface area contributed by atoms with Gasteiger partial charge in [-0.15, -0.1) is 0 Å². The third kappa shape index (κ3) is 2.14. The molecule has 3 heterocycles. The summed E-state index contributed by atoms with van der Waals surface area (Å²) in [5.74, 6) is 0.705. The lowest BCUT2D eigenvalue weighted by atomic mass is 9.92. The second kappa shape index (κ2) is 5.26. The average Bonchev–Trinajstić information content (AvgIpc) is 3.16. The van der Waals surface area contributed by atoms with Crippen molar-refractivity contribution < 1.29 is 4.79 Å². The lowest BCUT2D eigenvalue weighted by Gasteiger charge is -2.22. The van der Waals surface area contributed by atoms with E-state index in [0.717, 1.165) is 16.9 Å². The van der Waals surface area contributed by atoms with Gasteiger partial charge < -0.3 is 5.32 Å². The molecule has 0 saturated heterocycles. The molecule has 0 saturated carbocycles. The smallest absolute Gasteiger partial charge is 0.226 e. The Hall–Kier alpha value is -2.11. The Morgan fingerprint density at radius 3 is 2.95 bits per heavy atom. The number of anilines is 1. The summed E-state index contributed by atoms with van der Waals surface area (Å²) in [6.07, 6.45) is 2.14. The summed E-state index contributed by atoms with van der Waals surface area (Å²) in [6.45, 7) is 0. The lowest BCUT2D eigenvalue weighted by Crippen LogP contribution is -2.24. The first-order valence-electron chi connectivity index (χ1n) is 6.88. The maximum atomic E-state index is 12.1. The minimum Gasteiger partial charge on any atom is -0.310 e. The van der Waals surface area contributed by atoms with Gasteiger partial charge in [0.25, 0.3) is 0 Å². The number of benzene rings is 1. The van der Waals surface area contributed by atoms with Crippen LogP contribution in [-0.4, -0.2) is 15.5 Å². The van der Waals surface area contributed by atoms with E-state index in [1.165, 1.54) is 0 Å². The minimum atomic E-state index is -0.00231. The lowest BCUT2D eigenvalue weighted by molar-refractivity contribution is -0.116. The van der Waals surface area contributed by atoms with E-state index in [9.17, 15) is 4.79 Å². The van der Waals surface area contributed by atoms with Crippen molar-refractivity contribution in [3.05, 3.63) is 63.7 Å². The molecular formula is C16H12ClN3OS. The third-order valence-electron chi connectivity index (χ3n) is 3.83. The Morgan fingerprint density at radius 1 is 1.32 bits per heavy atom. The predicted molar refractivity (Wildman–Crippen MR) is 88.0 cm³/mol. The number of thiophene rings is 1. The second-order valence-electron chi connectivity index (χ2n) is 5.16. The SMILES string of the molecule is O=C1C[C@H](c2ccsc2)c2ncn(-c3ccccc3Cl)c2N1. The van der Waals surface area contributed by atoms with Crippen molar-refractivity contribution in [3.63, 3.8) is 0 Å². The summed E-state index contributed by atoms with van der Waals surface area (Å²) < 4.78 is 1.84. The van der Waals surface area contributed by atoms with Crippen LogP contribution in [-0.2, 0) is 4.79 Å². The molecule has 0 unspecified atom stereocenters. The van der Waals surface area contributed by atoms with Gasteiger partial charge in [0.05, 0.1) is 16.4 Å². The van der Waals surface area contributed by atoms with Gasteiger partial charge in [-0.25, -0.2) is 4.98 Å². The largest absolute Gasteiger partial charge is 0.310 e. The fourth-order valence-electron chi connectivity index (χ4n) is 2.79. The van der Waals surface area contributed by atoms with Crippen LogP contribution in [0.15, 0.2) is 47.4 Å². The zero-order valence-electron chi connectivity index (χ0n) is 11.5. The molecule has 1 aromatic carbocycles. The number of carbonyl (C=O) groups is 1. The fraction of sp³-hybridized carbons (Fsp3) is 0.125. The van der Waals surface area contributed by atoms with Crippen LogP contribution in [0.2, 0.25) is 5.02 Å². The molecule has 4 rings (SSSR count). The van der Waals surface area contributed by atoms with E-state index in [0.29, 0.717) is 17.3 Å². The Bertz CT molecular complexity index is 841. The fourth-order valence-corrected chi connectivity index (χ4v) is 3.73. The van der Waals surface area contributed by atoms with Gasteiger partial charge in [0.15, 0.2) is 0 Å². The highest BCUT2D eigenvalue weighted by Gasteiger charge is 2.31. The average molecular weight is 330 g/mol. The van der Waals surface area contributed by atoms with Crippen LogP contribution in [0.25, 0.3) is 5.69 Å². The normalized spacial score (nSPS) is 17.1. The summed E-state index contributed by atoms with van der Waals surface area (Å²) in [5.41, 5.74) is 2.83. The van der Waals surface area contributed by atoms with Crippen LogP contribution >= 0.6 is 22.9 Å². The van der Waals surface area contributed by atoms with Crippen molar-refractivity contribution in [2.75, 3.05) is 5.32 Å². The van der Waals surface area contributed by atoms with Gasteiger partial charge in [-0.2, -0.15) is 11.3 Å². The predicted octanol–water partition coefficient (Wildman–Crippen LogP) is 4.06. The highest BCUT2D eigenvalue weighted by atomic mass is 35.5. The number of aromatic nitrogens is 2. The van der Waals surface area contributed by atoms with Crippen molar-refractivity contribution in [2.45, 2.75) is 12.3 Å². The number of amides is 1. The van der Waals surface area contributed by atoms with Gasteiger partial charge in [-0.1, -0.05) is 23.7 Å². The number of carbonyl (C=O) groups excluding carboxylic acids is 1. The first kappa shape index (κ1) is 13.5. The summed E-state index contributed by atoms with van der Waals surface area (Å²) >= 11 is 7.90. The van der Waals surface area contributed by atoms with Gasteiger partial charge in [0.2, 0.25) is 5.91 Å². The summed E-state index contributed by atoms with van der Waals surface area (Å²) in [5, 5.41) is 7.64. The van der Waals surface area contributed by atoms with E-state index in [1.54, 1.807) is 17.7 Å². The first-order valence-corrected chi connectivity index (χ1v) is 8.20. The highest BCUT2D eigenvalue weighted by molar-refractivity contribution is 7.08. The summed E-state index contributed by atoms with van der Waals surface area (Å²) in [4.78, 5) is 16.7. The standard InChI is InChI=1S/C16H12ClN3OS/c17-12-3-1-2-4-13(12)20-9-18-15-11(10-5-6-22-8-10)7-14(21)19-16(15)20/h1-6,8-9,11H,7H2,(H,19,21)/t11-/m1/s1. The molecule has 1 aliphatic rings. The molecule has 2 aromatic heterocycles. The number of nitrogens with one attached hydrogen (secondary N) is 1.